The molecule has 0 radical (unpaired) electrons. The molecular formula is C17H34F3IN6O2S. The van der Waals surface area contributed by atoms with Gasteiger partial charge in [0, 0.05) is 58.4 Å². The number of hydrogen-bond acceptors (Lipinski definition) is 5. The van der Waals surface area contributed by atoms with Crippen molar-refractivity contribution < 1.29 is 21.6 Å². The highest BCUT2D eigenvalue weighted by Gasteiger charge is 2.50. The third-order valence-corrected chi connectivity index (χ3v) is 7.00. The van der Waals surface area contributed by atoms with Gasteiger partial charge in [0.25, 0.3) is 0 Å². The number of piperidine rings is 1. The number of rotatable bonds is 7. The van der Waals surface area contributed by atoms with Crippen LogP contribution >= 0.6 is 24.0 Å². The van der Waals surface area contributed by atoms with Crippen molar-refractivity contribution in [3.8, 4) is 0 Å². The Morgan fingerprint density at radius 1 is 1.03 bits per heavy atom. The molecule has 2 saturated heterocycles. The first kappa shape index (κ1) is 27.7. The van der Waals surface area contributed by atoms with Gasteiger partial charge >= 0.3 is 15.5 Å². The Morgan fingerprint density at radius 2 is 1.60 bits per heavy atom. The number of likely N-dealkylation sites (N-methyl/N-ethyl adjacent to an activating group) is 1. The van der Waals surface area contributed by atoms with Gasteiger partial charge in [-0.05, 0) is 26.3 Å². The third kappa shape index (κ3) is 7.95. The van der Waals surface area contributed by atoms with Crippen LogP contribution in [0.3, 0.4) is 0 Å². The molecule has 0 aromatic rings. The number of nitrogens with zero attached hydrogens (tertiary/aromatic N) is 4. The summed E-state index contributed by atoms with van der Waals surface area (Å²) in [7, 11) is -5.24. The van der Waals surface area contributed by atoms with Gasteiger partial charge in [-0.2, -0.15) is 17.5 Å². The van der Waals surface area contributed by atoms with E-state index in [1.165, 1.54) is 0 Å². The molecule has 0 aromatic carbocycles. The maximum absolute atomic E-state index is 12.7. The minimum Gasteiger partial charge on any atom is -0.357 e. The Morgan fingerprint density at radius 3 is 2.10 bits per heavy atom. The van der Waals surface area contributed by atoms with Crippen molar-refractivity contribution in [2.75, 3.05) is 65.4 Å². The van der Waals surface area contributed by atoms with Crippen molar-refractivity contribution in [1.29, 1.82) is 0 Å². The zero-order valence-corrected chi connectivity index (χ0v) is 20.8. The minimum absolute atomic E-state index is 0. The van der Waals surface area contributed by atoms with Crippen molar-refractivity contribution in [3.63, 3.8) is 0 Å². The number of hydrogen-bond donors (Lipinski definition) is 2. The van der Waals surface area contributed by atoms with E-state index in [-0.39, 0.29) is 43.1 Å². The molecule has 0 unspecified atom stereocenters. The SMILES string of the molecule is CCNC(=NCCN1CCN(CC)CC1)NC1CCN(S(=O)(=O)C(F)(F)F)CC1.I. The van der Waals surface area contributed by atoms with Crippen LogP contribution in [0.4, 0.5) is 13.2 Å². The zero-order chi connectivity index (χ0) is 21.5. The molecule has 2 heterocycles. The number of piperazine rings is 1. The molecule has 2 N–H and O–H groups in total. The molecule has 13 heteroatoms. The van der Waals surface area contributed by atoms with E-state index in [1.807, 2.05) is 6.92 Å². The first-order valence-electron chi connectivity index (χ1n) is 10.2. The van der Waals surface area contributed by atoms with Crippen molar-refractivity contribution in [3.05, 3.63) is 0 Å². The lowest BCUT2D eigenvalue weighted by Gasteiger charge is -2.34. The lowest BCUT2D eigenvalue weighted by Crippen LogP contribution is -2.51. The predicted octanol–water partition coefficient (Wildman–Crippen LogP) is 1.11. The van der Waals surface area contributed by atoms with Gasteiger partial charge in [-0.15, -0.1) is 24.0 Å². The van der Waals surface area contributed by atoms with Gasteiger partial charge in [0.05, 0.1) is 6.54 Å². The second-order valence-electron chi connectivity index (χ2n) is 7.30. The summed E-state index contributed by atoms with van der Waals surface area (Å²) in [5.41, 5.74) is -5.24. The van der Waals surface area contributed by atoms with Crippen molar-refractivity contribution >= 4 is 40.0 Å². The van der Waals surface area contributed by atoms with Crippen LogP contribution in [-0.2, 0) is 10.0 Å². The molecule has 2 aliphatic heterocycles. The van der Waals surface area contributed by atoms with Crippen LogP contribution in [0, 0.1) is 0 Å². The number of alkyl halides is 3. The molecule has 2 rings (SSSR count). The van der Waals surface area contributed by atoms with E-state index in [0.717, 1.165) is 39.3 Å². The summed E-state index contributed by atoms with van der Waals surface area (Å²) in [4.78, 5) is 9.36. The molecule has 0 aliphatic carbocycles. The highest BCUT2D eigenvalue weighted by atomic mass is 127. The van der Waals surface area contributed by atoms with Crippen LogP contribution in [0.2, 0.25) is 0 Å². The molecule has 0 bridgehead atoms. The average Bonchev–Trinajstić information content (AvgIpc) is 2.68. The van der Waals surface area contributed by atoms with Crippen LogP contribution in [0.15, 0.2) is 4.99 Å². The van der Waals surface area contributed by atoms with E-state index < -0.39 is 15.5 Å². The Labute approximate surface area is 194 Å². The van der Waals surface area contributed by atoms with E-state index in [1.54, 1.807) is 0 Å². The summed E-state index contributed by atoms with van der Waals surface area (Å²) in [6, 6.07) is -0.111. The van der Waals surface area contributed by atoms with E-state index in [4.69, 9.17) is 0 Å². The summed E-state index contributed by atoms with van der Waals surface area (Å²) in [6.07, 6.45) is 0.609. The molecule has 0 aromatic heterocycles. The Hall–Kier alpha value is -0.380. The van der Waals surface area contributed by atoms with Gasteiger partial charge in [-0.25, -0.2) is 8.42 Å². The van der Waals surface area contributed by atoms with Crippen LogP contribution < -0.4 is 10.6 Å². The molecular weight excluding hydrogens is 536 g/mol. The zero-order valence-electron chi connectivity index (χ0n) is 17.6. The second kappa shape index (κ2) is 12.6. The topological polar surface area (TPSA) is 80.3 Å². The molecule has 0 amide bonds. The summed E-state index contributed by atoms with van der Waals surface area (Å²) in [5, 5.41) is 6.38. The summed E-state index contributed by atoms with van der Waals surface area (Å²) in [6.45, 7) is 11.2. The maximum Gasteiger partial charge on any atom is 0.511 e. The summed E-state index contributed by atoms with van der Waals surface area (Å²) < 4.78 is 61.6. The van der Waals surface area contributed by atoms with Gasteiger partial charge in [0.15, 0.2) is 5.96 Å². The largest absolute Gasteiger partial charge is 0.511 e. The van der Waals surface area contributed by atoms with Crippen molar-refractivity contribution in [2.24, 2.45) is 4.99 Å². The standard InChI is InChI=1S/C17H33F3N6O2S.HI/c1-3-21-16(22-7-10-25-13-11-24(4-2)12-14-25)23-15-5-8-26(9-6-15)29(27,28)17(18,19)20;/h15H,3-14H2,1-2H3,(H2,21,22,23);1H. The minimum atomic E-state index is -5.24. The molecule has 0 atom stereocenters. The first-order valence-corrected chi connectivity index (χ1v) is 11.7. The summed E-state index contributed by atoms with van der Waals surface area (Å²) in [5.74, 6) is 0.622. The van der Waals surface area contributed by atoms with Gasteiger partial charge in [0.2, 0.25) is 0 Å². The molecule has 0 saturated carbocycles. The van der Waals surface area contributed by atoms with Gasteiger partial charge < -0.3 is 15.5 Å². The van der Waals surface area contributed by atoms with Crippen LogP contribution in [0.1, 0.15) is 26.7 Å². The fourth-order valence-corrected chi connectivity index (χ4v) is 4.52. The normalized spacial score (nSPS) is 21.3. The first-order chi connectivity index (χ1) is 13.7. The Bertz CT molecular complexity index is 634. The molecule has 2 aliphatic rings. The van der Waals surface area contributed by atoms with Crippen LogP contribution in [0.25, 0.3) is 0 Å². The van der Waals surface area contributed by atoms with E-state index in [9.17, 15) is 21.6 Å². The molecule has 8 nitrogen and oxygen atoms in total. The lowest BCUT2D eigenvalue weighted by atomic mass is 10.1. The quantitative estimate of drug-likeness (QED) is 0.272. The fraction of sp³-hybridized carbons (Fsp3) is 0.941. The van der Waals surface area contributed by atoms with Gasteiger partial charge in [-0.1, -0.05) is 6.92 Å². The molecule has 178 valence electrons. The monoisotopic (exact) mass is 570 g/mol. The van der Waals surface area contributed by atoms with Crippen LogP contribution in [0.5, 0.6) is 0 Å². The van der Waals surface area contributed by atoms with Crippen LogP contribution in [-0.4, -0.2) is 105 Å². The summed E-state index contributed by atoms with van der Waals surface area (Å²) >= 11 is 0. The highest BCUT2D eigenvalue weighted by molar-refractivity contribution is 14.0. The second-order valence-corrected chi connectivity index (χ2v) is 9.23. The maximum atomic E-state index is 12.7. The number of aliphatic imine (C=N–C) groups is 1. The Kier molecular flexibility index (Phi) is 11.6. The number of nitrogens with one attached hydrogen (secondary N) is 2. The van der Waals surface area contributed by atoms with Gasteiger partial charge in [-0.3, -0.25) is 9.89 Å². The van der Waals surface area contributed by atoms with E-state index in [2.05, 4.69) is 32.3 Å². The smallest absolute Gasteiger partial charge is 0.357 e. The molecule has 2 fully saturated rings. The third-order valence-electron chi connectivity index (χ3n) is 5.37. The number of halogens is 4. The number of guanidine groups is 1. The van der Waals surface area contributed by atoms with E-state index in [0.29, 0.717) is 36.2 Å². The van der Waals surface area contributed by atoms with Crippen molar-refractivity contribution in [2.45, 2.75) is 38.2 Å². The van der Waals surface area contributed by atoms with E-state index >= 15 is 0 Å². The fourth-order valence-electron chi connectivity index (χ4n) is 3.53. The van der Waals surface area contributed by atoms with Crippen molar-refractivity contribution in [1.82, 2.24) is 24.7 Å². The molecule has 30 heavy (non-hydrogen) atoms. The lowest BCUT2D eigenvalue weighted by molar-refractivity contribution is -0.0494. The van der Waals surface area contributed by atoms with Gasteiger partial charge in [0.1, 0.15) is 0 Å². The number of sulfonamides is 1. The molecule has 0 spiro atoms. The highest BCUT2D eigenvalue weighted by Crippen LogP contribution is 2.28. The predicted molar refractivity (Wildman–Crippen MR) is 123 cm³/mol. The Balaban J connectivity index is 0.00000450. The average molecular weight is 570 g/mol.